The van der Waals surface area contributed by atoms with Crippen molar-refractivity contribution in [2.24, 2.45) is 0 Å². The molecule has 88 valence electrons. The SMILES string of the molecule is CC1(C)C(=O)Nc2cc(CCl)cc3ccn1c23. The number of rotatable bonds is 1. The first-order valence-corrected chi connectivity index (χ1v) is 6.09. The zero-order chi connectivity index (χ0) is 12.2. The molecule has 4 heteroatoms. The normalized spacial score (nSPS) is 17.2. The van der Waals surface area contributed by atoms with E-state index < -0.39 is 5.54 Å². The maximum Gasteiger partial charge on any atom is 0.250 e. The predicted octanol–water partition coefficient (Wildman–Crippen LogP) is 3.07. The first-order chi connectivity index (χ1) is 8.04. The number of nitrogens with zero attached hydrogens (tertiary/aromatic N) is 1. The second-order valence-corrected chi connectivity index (χ2v) is 5.18. The van der Waals surface area contributed by atoms with E-state index in [1.807, 2.05) is 36.7 Å². The summed E-state index contributed by atoms with van der Waals surface area (Å²) in [6.07, 6.45) is 1.96. The summed E-state index contributed by atoms with van der Waals surface area (Å²) >= 11 is 5.85. The Labute approximate surface area is 104 Å². The van der Waals surface area contributed by atoms with Gasteiger partial charge in [-0.15, -0.1) is 11.6 Å². The van der Waals surface area contributed by atoms with Crippen LogP contribution in [0.3, 0.4) is 0 Å². The molecule has 1 amide bonds. The summed E-state index contributed by atoms with van der Waals surface area (Å²) < 4.78 is 2.02. The molecule has 1 aromatic heterocycles. The smallest absolute Gasteiger partial charge is 0.250 e. The van der Waals surface area contributed by atoms with E-state index in [1.165, 1.54) is 0 Å². The van der Waals surface area contributed by atoms with E-state index >= 15 is 0 Å². The van der Waals surface area contributed by atoms with E-state index in [9.17, 15) is 4.79 Å². The van der Waals surface area contributed by atoms with Crippen molar-refractivity contribution >= 4 is 34.1 Å². The number of carbonyl (C=O) groups excluding carboxylic acids is 1. The highest BCUT2D eigenvalue weighted by atomic mass is 35.5. The molecule has 3 nitrogen and oxygen atoms in total. The van der Waals surface area contributed by atoms with Gasteiger partial charge in [0, 0.05) is 17.5 Å². The monoisotopic (exact) mass is 248 g/mol. The number of benzene rings is 1. The van der Waals surface area contributed by atoms with Crippen LogP contribution in [0.4, 0.5) is 5.69 Å². The molecule has 1 aromatic carbocycles. The maximum absolute atomic E-state index is 12.1. The summed E-state index contributed by atoms with van der Waals surface area (Å²) in [5.74, 6) is 0.460. The molecule has 2 heterocycles. The zero-order valence-corrected chi connectivity index (χ0v) is 10.5. The Hall–Kier alpha value is -1.48. The highest BCUT2D eigenvalue weighted by Crippen LogP contribution is 2.36. The van der Waals surface area contributed by atoms with Gasteiger partial charge in [-0.3, -0.25) is 4.79 Å². The van der Waals surface area contributed by atoms with Crippen molar-refractivity contribution in [3.05, 3.63) is 30.0 Å². The molecule has 1 aliphatic rings. The second-order valence-electron chi connectivity index (χ2n) is 4.91. The van der Waals surface area contributed by atoms with E-state index in [-0.39, 0.29) is 5.91 Å². The molecule has 0 bridgehead atoms. The number of aromatic nitrogens is 1. The van der Waals surface area contributed by atoms with Gasteiger partial charge in [0.1, 0.15) is 5.54 Å². The number of alkyl halides is 1. The highest BCUT2D eigenvalue weighted by Gasteiger charge is 2.35. The predicted molar refractivity (Wildman–Crippen MR) is 69.4 cm³/mol. The number of halogens is 1. The lowest BCUT2D eigenvalue weighted by Gasteiger charge is -2.32. The van der Waals surface area contributed by atoms with E-state index in [4.69, 9.17) is 11.6 Å². The van der Waals surface area contributed by atoms with Crippen LogP contribution in [-0.2, 0) is 16.2 Å². The zero-order valence-electron chi connectivity index (χ0n) is 9.75. The van der Waals surface area contributed by atoms with Gasteiger partial charge < -0.3 is 9.88 Å². The summed E-state index contributed by atoms with van der Waals surface area (Å²) in [7, 11) is 0. The van der Waals surface area contributed by atoms with Gasteiger partial charge in [0.05, 0.1) is 11.2 Å². The van der Waals surface area contributed by atoms with Gasteiger partial charge in [0.15, 0.2) is 0 Å². The van der Waals surface area contributed by atoms with Gasteiger partial charge in [-0.05, 0) is 37.6 Å². The summed E-state index contributed by atoms with van der Waals surface area (Å²) in [5, 5.41) is 4.07. The van der Waals surface area contributed by atoms with Crippen LogP contribution < -0.4 is 5.32 Å². The van der Waals surface area contributed by atoms with Crippen LogP contribution >= 0.6 is 11.6 Å². The van der Waals surface area contributed by atoms with Crippen LogP contribution in [0.25, 0.3) is 10.9 Å². The molecular formula is C13H13ClN2O. The quantitative estimate of drug-likeness (QED) is 0.774. The summed E-state index contributed by atoms with van der Waals surface area (Å²) in [6.45, 7) is 3.83. The van der Waals surface area contributed by atoms with E-state index in [0.717, 1.165) is 22.2 Å². The van der Waals surface area contributed by atoms with E-state index in [0.29, 0.717) is 5.88 Å². The van der Waals surface area contributed by atoms with E-state index in [2.05, 4.69) is 11.4 Å². The largest absolute Gasteiger partial charge is 0.331 e. The Morgan fingerprint density at radius 1 is 1.41 bits per heavy atom. The fraction of sp³-hybridized carbons (Fsp3) is 0.308. The van der Waals surface area contributed by atoms with Crippen molar-refractivity contribution in [3.8, 4) is 0 Å². The van der Waals surface area contributed by atoms with Gasteiger partial charge in [-0.1, -0.05) is 0 Å². The third-order valence-electron chi connectivity index (χ3n) is 3.40. The van der Waals surface area contributed by atoms with Crippen molar-refractivity contribution < 1.29 is 4.79 Å². The van der Waals surface area contributed by atoms with Crippen molar-refractivity contribution in [2.45, 2.75) is 25.3 Å². The van der Waals surface area contributed by atoms with Crippen molar-refractivity contribution in [1.82, 2.24) is 4.57 Å². The molecule has 0 saturated carbocycles. The van der Waals surface area contributed by atoms with Gasteiger partial charge in [0.2, 0.25) is 5.91 Å². The number of nitrogens with one attached hydrogen (secondary N) is 1. The minimum absolute atomic E-state index is 0.00854. The molecule has 0 unspecified atom stereocenters. The first kappa shape index (κ1) is 10.7. The molecule has 1 N–H and O–H groups in total. The summed E-state index contributed by atoms with van der Waals surface area (Å²) in [6, 6.07) is 6.03. The topological polar surface area (TPSA) is 34.0 Å². The lowest BCUT2D eigenvalue weighted by atomic mass is 10.00. The molecule has 0 aliphatic carbocycles. The van der Waals surface area contributed by atoms with Gasteiger partial charge in [-0.25, -0.2) is 0 Å². The maximum atomic E-state index is 12.1. The van der Waals surface area contributed by atoms with Crippen LogP contribution in [-0.4, -0.2) is 10.5 Å². The minimum atomic E-state index is -0.544. The Balaban J connectivity index is 2.38. The van der Waals surface area contributed by atoms with Crippen molar-refractivity contribution in [2.75, 3.05) is 5.32 Å². The summed E-state index contributed by atoms with van der Waals surface area (Å²) in [5.41, 5.74) is 2.40. The molecule has 1 aliphatic heterocycles. The number of hydrogen-bond acceptors (Lipinski definition) is 1. The molecular weight excluding hydrogens is 236 g/mol. The fourth-order valence-corrected chi connectivity index (χ4v) is 2.52. The lowest BCUT2D eigenvalue weighted by molar-refractivity contribution is -0.123. The molecule has 3 rings (SSSR count). The number of carbonyl (C=O) groups is 1. The van der Waals surface area contributed by atoms with Crippen LogP contribution in [0.5, 0.6) is 0 Å². The van der Waals surface area contributed by atoms with Gasteiger partial charge in [0.25, 0.3) is 0 Å². The third kappa shape index (κ3) is 1.32. The summed E-state index contributed by atoms with van der Waals surface area (Å²) in [4.78, 5) is 12.1. The number of amides is 1. The highest BCUT2D eigenvalue weighted by molar-refractivity contribution is 6.17. The fourth-order valence-electron chi connectivity index (χ4n) is 2.37. The average molecular weight is 249 g/mol. The van der Waals surface area contributed by atoms with Crippen molar-refractivity contribution in [1.29, 1.82) is 0 Å². The second kappa shape index (κ2) is 3.26. The molecule has 17 heavy (non-hydrogen) atoms. The molecule has 0 atom stereocenters. The van der Waals surface area contributed by atoms with Crippen LogP contribution in [0.1, 0.15) is 19.4 Å². The third-order valence-corrected chi connectivity index (χ3v) is 3.71. The van der Waals surface area contributed by atoms with Gasteiger partial charge in [-0.2, -0.15) is 0 Å². The van der Waals surface area contributed by atoms with E-state index in [1.54, 1.807) is 0 Å². The molecule has 0 radical (unpaired) electrons. The minimum Gasteiger partial charge on any atom is -0.331 e. The van der Waals surface area contributed by atoms with Gasteiger partial charge >= 0.3 is 0 Å². The Bertz CT molecular complexity index is 628. The molecule has 2 aromatic rings. The number of hydrogen-bond donors (Lipinski definition) is 1. The van der Waals surface area contributed by atoms with Crippen LogP contribution in [0.15, 0.2) is 24.4 Å². The Morgan fingerprint density at radius 2 is 2.18 bits per heavy atom. The van der Waals surface area contributed by atoms with Crippen molar-refractivity contribution in [3.63, 3.8) is 0 Å². The Morgan fingerprint density at radius 3 is 2.88 bits per heavy atom. The number of anilines is 1. The first-order valence-electron chi connectivity index (χ1n) is 5.56. The molecule has 0 spiro atoms. The lowest BCUT2D eigenvalue weighted by Crippen LogP contribution is -2.42. The average Bonchev–Trinajstić information content (AvgIpc) is 2.71. The standard InChI is InChI=1S/C13H13ClN2O/c1-13(2)12(17)15-10-6-8(7-14)5-9-3-4-16(13)11(9)10/h3-6H,7H2,1-2H3,(H,15,17). The van der Waals surface area contributed by atoms with Crippen LogP contribution in [0, 0.1) is 0 Å². The molecule has 0 fully saturated rings. The Kier molecular flexibility index (Phi) is 2.05. The van der Waals surface area contributed by atoms with Crippen LogP contribution in [0.2, 0.25) is 0 Å². The molecule has 0 saturated heterocycles.